The van der Waals surface area contributed by atoms with E-state index < -0.39 is 4.92 Å². The molecule has 2 saturated heterocycles. The van der Waals surface area contributed by atoms with Gasteiger partial charge < -0.3 is 20.3 Å². The molecule has 2 aliphatic rings. The average Bonchev–Trinajstić information content (AvgIpc) is 3.38. The maximum atomic E-state index is 11.7. The Balaban J connectivity index is 0.00000320. The third-order valence-corrected chi connectivity index (χ3v) is 5.22. The zero-order valence-electron chi connectivity index (χ0n) is 17.0. The first kappa shape index (κ1) is 24.3. The Bertz CT molecular complexity index is 722. The smallest absolute Gasteiger partial charge is 0.269 e. The molecule has 1 atom stereocenters. The number of benzene rings is 1. The Hall–Kier alpha value is -1.95. The van der Waals surface area contributed by atoms with Gasteiger partial charge >= 0.3 is 0 Å². The number of nitro groups is 1. The molecule has 1 unspecified atom stereocenters. The highest BCUT2D eigenvalue weighted by Crippen LogP contribution is 2.13. The van der Waals surface area contributed by atoms with Crippen molar-refractivity contribution in [3.05, 3.63) is 39.9 Å². The summed E-state index contributed by atoms with van der Waals surface area (Å²) in [6, 6.07) is 6.44. The number of hydrogen-bond donors (Lipinski definition) is 2. The number of guanidine groups is 1. The van der Waals surface area contributed by atoms with Crippen LogP contribution in [0.2, 0.25) is 0 Å². The molecule has 0 radical (unpaired) electrons. The number of rotatable bonds is 9. The molecule has 1 aromatic carbocycles. The number of non-ortho nitro benzene ring substituents is 1. The number of ether oxygens (including phenoxy) is 1. The molecule has 0 aromatic heterocycles. The lowest BCUT2D eigenvalue weighted by Crippen LogP contribution is -2.41. The van der Waals surface area contributed by atoms with E-state index in [2.05, 4.69) is 15.6 Å². The van der Waals surface area contributed by atoms with Gasteiger partial charge in [0, 0.05) is 57.3 Å². The summed E-state index contributed by atoms with van der Waals surface area (Å²) in [6.07, 6.45) is 3.52. The van der Waals surface area contributed by atoms with Crippen molar-refractivity contribution in [2.45, 2.75) is 32.2 Å². The van der Waals surface area contributed by atoms with Crippen molar-refractivity contribution in [2.75, 3.05) is 39.4 Å². The monoisotopic (exact) mass is 531 g/mol. The molecular weight excluding hydrogens is 501 g/mol. The maximum Gasteiger partial charge on any atom is 0.269 e. The second kappa shape index (κ2) is 12.7. The molecule has 166 valence electrons. The van der Waals surface area contributed by atoms with E-state index in [1.807, 2.05) is 4.90 Å². The van der Waals surface area contributed by atoms with Gasteiger partial charge in [0.2, 0.25) is 5.91 Å². The second-order valence-electron chi connectivity index (χ2n) is 7.46. The molecule has 2 aliphatic heterocycles. The average molecular weight is 531 g/mol. The van der Waals surface area contributed by atoms with Gasteiger partial charge in [-0.25, -0.2) is 4.99 Å². The van der Waals surface area contributed by atoms with E-state index in [4.69, 9.17) is 4.74 Å². The highest BCUT2D eigenvalue weighted by atomic mass is 127. The molecule has 2 N–H and O–H groups in total. The second-order valence-corrected chi connectivity index (χ2v) is 7.46. The van der Waals surface area contributed by atoms with Crippen LogP contribution >= 0.6 is 24.0 Å². The lowest BCUT2D eigenvalue weighted by Gasteiger charge is -2.17. The first-order valence-electron chi connectivity index (χ1n) is 10.2. The van der Waals surface area contributed by atoms with Gasteiger partial charge in [-0.05, 0) is 24.8 Å². The summed E-state index contributed by atoms with van der Waals surface area (Å²) >= 11 is 0. The highest BCUT2D eigenvalue weighted by Gasteiger charge is 2.19. The Morgan fingerprint density at radius 2 is 2.10 bits per heavy atom. The number of carbonyl (C=O) groups is 1. The molecule has 0 saturated carbocycles. The summed E-state index contributed by atoms with van der Waals surface area (Å²) < 4.78 is 5.42. The Labute approximate surface area is 193 Å². The molecule has 10 heteroatoms. The fourth-order valence-electron chi connectivity index (χ4n) is 3.47. The number of nitro benzene ring substituents is 1. The minimum absolute atomic E-state index is 0. The number of likely N-dealkylation sites (tertiary alicyclic amines) is 1. The van der Waals surface area contributed by atoms with Crippen LogP contribution in [0, 0.1) is 16.0 Å². The number of carbonyl (C=O) groups excluding carboxylic acids is 1. The Morgan fingerprint density at radius 1 is 1.30 bits per heavy atom. The van der Waals surface area contributed by atoms with E-state index in [9.17, 15) is 14.9 Å². The van der Waals surface area contributed by atoms with Crippen LogP contribution in [-0.2, 0) is 16.1 Å². The van der Waals surface area contributed by atoms with Gasteiger partial charge in [-0.2, -0.15) is 0 Å². The van der Waals surface area contributed by atoms with Crippen LogP contribution in [0.4, 0.5) is 5.69 Å². The van der Waals surface area contributed by atoms with E-state index in [1.54, 1.807) is 12.1 Å². The normalized spacial score (nSPS) is 18.9. The van der Waals surface area contributed by atoms with Crippen molar-refractivity contribution in [3.63, 3.8) is 0 Å². The third-order valence-electron chi connectivity index (χ3n) is 5.22. The summed E-state index contributed by atoms with van der Waals surface area (Å²) in [5.74, 6) is 1.43. The third kappa shape index (κ3) is 7.71. The number of hydrogen-bond acceptors (Lipinski definition) is 5. The summed E-state index contributed by atoms with van der Waals surface area (Å²) in [7, 11) is 0. The van der Waals surface area contributed by atoms with Gasteiger partial charge in [0.15, 0.2) is 5.96 Å². The van der Waals surface area contributed by atoms with Gasteiger partial charge in [-0.1, -0.05) is 12.1 Å². The van der Waals surface area contributed by atoms with Crippen LogP contribution in [0.3, 0.4) is 0 Å². The van der Waals surface area contributed by atoms with Crippen LogP contribution < -0.4 is 10.6 Å². The number of halogens is 1. The predicted octanol–water partition coefficient (Wildman–Crippen LogP) is 2.30. The standard InChI is InChI=1S/C20H29N5O4.HI/c26-19-3-1-10-24(19)11-2-9-21-20(23-14-17-8-12-29-15-17)22-13-16-4-6-18(7-5-16)25(27)28;/h4-7,17H,1-3,8-15H2,(H2,21,22,23);1H. The van der Waals surface area contributed by atoms with Gasteiger partial charge in [0.25, 0.3) is 5.69 Å². The zero-order chi connectivity index (χ0) is 20.5. The van der Waals surface area contributed by atoms with Crippen LogP contribution in [0.5, 0.6) is 0 Å². The summed E-state index contributed by atoms with van der Waals surface area (Å²) in [4.78, 5) is 28.6. The van der Waals surface area contributed by atoms with Crippen molar-refractivity contribution in [1.82, 2.24) is 15.5 Å². The van der Waals surface area contributed by atoms with E-state index in [0.29, 0.717) is 24.8 Å². The molecule has 2 fully saturated rings. The fourth-order valence-corrected chi connectivity index (χ4v) is 3.47. The van der Waals surface area contributed by atoms with E-state index in [-0.39, 0.29) is 35.6 Å². The largest absolute Gasteiger partial charge is 0.381 e. The van der Waals surface area contributed by atoms with Crippen molar-refractivity contribution in [3.8, 4) is 0 Å². The Morgan fingerprint density at radius 3 is 2.73 bits per heavy atom. The number of amides is 1. The van der Waals surface area contributed by atoms with Crippen molar-refractivity contribution in [1.29, 1.82) is 0 Å². The summed E-state index contributed by atoms with van der Waals surface area (Å²) in [6.45, 7) is 5.13. The van der Waals surface area contributed by atoms with Crippen molar-refractivity contribution >= 4 is 41.5 Å². The zero-order valence-corrected chi connectivity index (χ0v) is 19.4. The lowest BCUT2D eigenvalue weighted by atomic mass is 10.1. The SMILES string of the molecule is I.O=C1CCCN1CCCNC(=NCc1ccc([N+](=O)[O-])cc1)NCC1CCOC1. The minimum atomic E-state index is -0.406. The van der Waals surface area contributed by atoms with Crippen LogP contribution in [0.25, 0.3) is 0 Å². The van der Waals surface area contributed by atoms with E-state index in [0.717, 1.165) is 64.2 Å². The molecular formula is C20H30IN5O4. The molecule has 0 bridgehead atoms. The number of aliphatic imine (C=N–C) groups is 1. The topological polar surface area (TPSA) is 109 Å². The van der Waals surface area contributed by atoms with Gasteiger partial charge in [0.05, 0.1) is 18.1 Å². The predicted molar refractivity (Wildman–Crippen MR) is 125 cm³/mol. The molecule has 30 heavy (non-hydrogen) atoms. The molecule has 1 aromatic rings. The van der Waals surface area contributed by atoms with Gasteiger partial charge in [-0.15, -0.1) is 24.0 Å². The maximum absolute atomic E-state index is 11.7. The van der Waals surface area contributed by atoms with Crippen molar-refractivity contribution < 1.29 is 14.5 Å². The first-order chi connectivity index (χ1) is 14.1. The van der Waals surface area contributed by atoms with Gasteiger partial charge in [0.1, 0.15) is 0 Å². The van der Waals surface area contributed by atoms with E-state index >= 15 is 0 Å². The molecule has 9 nitrogen and oxygen atoms in total. The quantitative estimate of drug-likeness (QED) is 0.127. The summed E-state index contributed by atoms with van der Waals surface area (Å²) in [5.41, 5.74) is 0.982. The van der Waals surface area contributed by atoms with Gasteiger partial charge in [-0.3, -0.25) is 14.9 Å². The van der Waals surface area contributed by atoms with Crippen LogP contribution in [-0.4, -0.2) is 61.1 Å². The molecule has 0 spiro atoms. The van der Waals surface area contributed by atoms with Crippen LogP contribution in [0.15, 0.2) is 29.3 Å². The van der Waals surface area contributed by atoms with Crippen LogP contribution in [0.1, 0.15) is 31.2 Å². The first-order valence-corrected chi connectivity index (χ1v) is 10.2. The number of nitrogens with zero attached hydrogens (tertiary/aromatic N) is 3. The molecule has 0 aliphatic carbocycles. The van der Waals surface area contributed by atoms with Crippen molar-refractivity contribution in [2.24, 2.45) is 10.9 Å². The number of nitrogens with one attached hydrogen (secondary N) is 2. The molecule has 1 amide bonds. The highest BCUT2D eigenvalue weighted by molar-refractivity contribution is 14.0. The molecule has 2 heterocycles. The fraction of sp³-hybridized carbons (Fsp3) is 0.600. The lowest BCUT2D eigenvalue weighted by molar-refractivity contribution is -0.384. The molecule has 3 rings (SSSR count). The van der Waals surface area contributed by atoms with E-state index in [1.165, 1.54) is 12.1 Å². The Kier molecular flexibility index (Phi) is 10.3. The summed E-state index contributed by atoms with van der Waals surface area (Å²) in [5, 5.41) is 17.5. The minimum Gasteiger partial charge on any atom is -0.381 e.